The van der Waals surface area contributed by atoms with Crippen LogP contribution >= 0.6 is 0 Å². The van der Waals surface area contributed by atoms with E-state index in [0.29, 0.717) is 38.5 Å². The van der Waals surface area contributed by atoms with Crippen molar-refractivity contribution in [1.29, 1.82) is 0 Å². The van der Waals surface area contributed by atoms with E-state index in [1.54, 1.807) is 6.08 Å². The first-order valence-electron chi connectivity index (χ1n) is 6.99. The Morgan fingerprint density at radius 2 is 1.73 bits per heavy atom. The lowest BCUT2D eigenvalue weighted by atomic mass is 9.74. The molecular weight excluding hydrogens is 288 g/mol. The van der Waals surface area contributed by atoms with Gasteiger partial charge in [-0.15, -0.1) is 0 Å². The SMILES string of the molecule is O=C=NCCCC(N=C=O)C1(N=C=O)CCC(N=C=O)CC1. The summed E-state index contributed by atoms with van der Waals surface area (Å²) in [5, 5.41) is 0. The molecular formula is C14H16N4O4. The molecule has 1 atom stereocenters. The van der Waals surface area contributed by atoms with E-state index in [2.05, 4.69) is 20.0 Å². The van der Waals surface area contributed by atoms with Gasteiger partial charge in [-0.2, -0.15) is 9.98 Å². The minimum absolute atomic E-state index is 0.145. The molecule has 1 fully saturated rings. The lowest BCUT2D eigenvalue weighted by Crippen LogP contribution is -2.43. The third-order valence-corrected chi connectivity index (χ3v) is 3.97. The smallest absolute Gasteiger partial charge is 0.211 e. The van der Waals surface area contributed by atoms with Crippen molar-refractivity contribution in [1.82, 2.24) is 0 Å². The van der Waals surface area contributed by atoms with E-state index in [-0.39, 0.29) is 12.6 Å². The lowest BCUT2D eigenvalue weighted by Gasteiger charge is -2.38. The zero-order valence-corrected chi connectivity index (χ0v) is 12.0. The monoisotopic (exact) mass is 304 g/mol. The summed E-state index contributed by atoms with van der Waals surface area (Å²) < 4.78 is 0. The molecule has 8 heteroatoms. The van der Waals surface area contributed by atoms with Gasteiger partial charge in [0.2, 0.25) is 24.3 Å². The highest BCUT2D eigenvalue weighted by molar-refractivity contribution is 5.38. The molecule has 0 N–H and O–H groups in total. The van der Waals surface area contributed by atoms with Gasteiger partial charge in [0.25, 0.3) is 0 Å². The Kier molecular flexibility index (Phi) is 7.55. The molecule has 0 amide bonds. The summed E-state index contributed by atoms with van der Waals surface area (Å²) in [5.41, 5.74) is -0.834. The van der Waals surface area contributed by atoms with Crippen LogP contribution in [0.4, 0.5) is 0 Å². The number of hydrogen-bond donors (Lipinski definition) is 0. The molecule has 0 heterocycles. The van der Waals surface area contributed by atoms with Crippen LogP contribution in [0.3, 0.4) is 0 Å². The fourth-order valence-corrected chi connectivity index (χ4v) is 2.84. The second-order valence-corrected chi connectivity index (χ2v) is 5.11. The zero-order chi connectivity index (χ0) is 16.3. The predicted octanol–water partition coefficient (Wildman–Crippen LogP) is 1.16. The van der Waals surface area contributed by atoms with Crippen LogP contribution < -0.4 is 0 Å². The fraction of sp³-hybridized carbons (Fsp3) is 0.714. The number of hydrogen-bond acceptors (Lipinski definition) is 8. The third kappa shape index (κ3) is 4.81. The molecule has 0 aromatic heterocycles. The van der Waals surface area contributed by atoms with Crippen molar-refractivity contribution in [3.05, 3.63) is 0 Å². The van der Waals surface area contributed by atoms with E-state index in [1.165, 1.54) is 18.2 Å². The molecule has 1 saturated carbocycles. The topological polar surface area (TPSA) is 118 Å². The molecule has 1 aliphatic rings. The average molecular weight is 304 g/mol. The normalized spacial score (nSPS) is 24.6. The molecule has 0 saturated heterocycles. The standard InChI is InChI=1S/C14H16N4O4/c19-8-15-7-1-2-13(17-10-21)14(18-11-22)5-3-12(4-6-14)16-9-20/h12-13H,1-7H2. The molecule has 116 valence electrons. The molecule has 8 nitrogen and oxygen atoms in total. The highest BCUT2D eigenvalue weighted by Gasteiger charge is 2.42. The van der Waals surface area contributed by atoms with Gasteiger partial charge >= 0.3 is 0 Å². The quantitative estimate of drug-likeness (QED) is 0.380. The van der Waals surface area contributed by atoms with Crippen molar-refractivity contribution >= 4 is 24.3 Å². The summed E-state index contributed by atoms with van der Waals surface area (Å²) in [6.07, 6.45) is 9.03. The minimum atomic E-state index is -0.834. The van der Waals surface area contributed by atoms with Gasteiger partial charge in [-0.3, -0.25) is 0 Å². The first kappa shape index (κ1) is 17.6. The van der Waals surface area contributed by atoms with Crippen molar-refractivity contribution in [3.8, 4) is 0 Å². The second kappa shape index (κ2) is 9.46. The summed E-state index contributed by atoms with van der Waals surface area (Å²) >= 11 is 0. The molecule has 0 aromatic carbocycles. The van der Waals surface area contributed by atoms with Gasteiger partial charge in [-0.1, -0.05) is 0 Å². The third-order valence-electron chi connectivity index (χ3n) is 3.97. The summed E-state index contributed by atoms with van der Waals surface area (Å²) in [5.74, 6) is 0. The molecule has 1 unspecified atom stereocenters. The van der Waals surface area contributed by atoms with Crippen LogP contribution in [-0.2, 0) is 19.2 Å². The number of aliphatic imine (C=N–C) groups is 4. The second-order valence-electron chi connectivity index (χ2n) is 5.11. The molecule has 0 aromatic rings. The van der Waals surface area contributed by atoms with Gasteiger partial charge in [0, 0.05) is 0 Å². The maximum absolute atomic E-state index is 10.8. The van der Waals surface area contributed by atoms with Crippen LogP contribution in [0.1, 0.15) is 38.5 Å². The highest BCUT2D eigenvalue weighted by Crippen LogP contribution is 2.38. The van der Waals surface area contributed by atoms with Crippen LogP contribution in [0.15, 0.2) is 20.0 Å². The maximum Gasteiger partial charge on any atom is 0.235 e. The summed E-state index contributed by atoms with van der Waals surface area (Å²) in [6, 6.07) is -0.678. The predicted molar refractivity (Wildman–Crippen MR) is 75.4 cm³/mol. The van der Waals surface area contributed by atoms with Crippen molar-refractivity contribution in [2.45, 2.75) is 56.1 Å². The van der Waals surface area contributed by atoms with E-state index in [4.69, 9.17) is 0 Å². The van der Waals surface area contributed by atoms with Crippen LogP contribution in [0.5, 0.6) is 0 Å². The van der Waals surface area contributed by atoms with Gasteiger partial charge in [0.15, 0.2) is 0 Å². The van der Waals surface area contributed by atoms with E-state index < -0.39 is 11.6 Å². The Morgan fingerprint density at radius 3 is 2.27 bits per heavy atom. The number of rotatable bonds is 8. The maximum atomic E-state index is 10.8. The van der Waals surface area contributed by atoms with Gasteiger partial charge in [0.1, 0.15) is 0 Å². The molecule has 0 aliphatic heterocycles. The van der Waals surface area contributed by atoms with Gasteiger partial charge in [-0.25, -0.2) is 29.2 Å². The Bertz CT molecular complexity index is 557. The summed E-state index contributed by atoms with van der Waals surface area (Å²) in [7, 11) is 0. The zero-order valence-electron chi connectivity index (χ0n) is 12.0. The van der Waals surface area contributed by atoms with Gasteiger partial charge < -0.3 is 0 Å². The average Bonchev–Trinajstić information content (AvgIpc) is 2.53. The van der Waals surface area contributed by atoms with Crippen LogP contribution in [0.2, 0.25) is 0 Å². The molecule has 1 aliphatic carbocycles. The molecule has 1 rings (SSSR count). The molecule has 0 spiro atoms. The summed E-state index contributed by atoms with van der Waals surface area (Å²) in [6.45, 7) is 0.271. The van der Waals surface area contributed by atoms with Gasteiger partial charge in [-0.05, 0) is 38.5 Å². The van der Waals surface area contributed by atoms with Crippen LogP contribution in [0.25, 0.3) is 0 Å². The Balaban J connectivity index is 2.88. The first-order valence-corrected chi connectivity index (χ1v) is 6.99. The number of nitrogens with zero attached hydrogens (tertiary/aromatic N) is 4. The Labute approximate surface area is 127 Å². The first-order chi connectivity index (χ1) is 10.7. The summed E-state index contributed by atoms with van der Waals surface area (Å²) in [4.78, 5) is 56.6. The molecule has 22 heavy (non-hydrogen) atoms. The van der Waals surface area contributed by atoms with E-state index in [0.717, 1.165) is 0 Å². The van der Waals surface area contributed by atoms with E-state index >= 15 is 0 Å². The van der Waals surface area contributed by atoms with Crippen molar-refractivity contribution in [2.75, 3.05) is 6.54 Å². The van der Waals surface area contributed by atoms with Crippen molar-refractivity contribution in [3.63, 3.8) is 0 Å². The van der Waals surface area contributed by atoms with Crippen molar-refractivity contribution in [2.24, 2.45) is 20.0 Å². The number of isocyanates is 4. The Morgan fingerprint density at radius 1 is 1.00 bits per heavy atom. The largest absolute Gasteiger partial charge is 0.235 e. The minimum Gasteiger partial charge on any atom is -0.211 e. The molecule has 0 radical (unpaired) electrons. The van der Waals surface area contributed by atoms with E-state index in [1.807, 2.05) is 0 Å². The lowest BCUT2D eigenvalue weighted by molar-refractivity contribution is 0.226. The number of carbonyl (C=O) groups excluding carboxylic acids is 4. The Hall–Kier alpha value is -2.48. The van der Waals surface area contributed by atoms with Gasteiger partial charge in [0.05, 0.1) is 24.2 Å². The van der Waals surface area contributed by atoms with E-state index in [9.17, 15) is 19.2 Å². The van der Waals surface area contributed by atoms with Crippen LogP contribution in [-0.4, -0.2) is 48.5 Å². The highest BCUT2D eigenvalue weighted by atomic mass is 16.1. The molecule has 0 bridgehead atoms. The van der Waals surface area contributed by atoms with Crippen LogP contribution in [0, 0.1) is 0 Å². The van der Waals surface area contributed by atoms with Crippen molar-refractivity contribution < 1.29 is 19.2 Å². The fourth-order valence-electron chi connectivity index (χ4n) is 2.84.